The molecule has 2 aliphatic carbocycles. The molecule has 2 aliphatic rings. The minimum Gasteiger partial charge on any atom is -0.307 e. The zero-order valence-corrected chi connectivity index (χ0v) is 15.2. The first-order chi connectivity index (χ1) is 12.5. The summed E-state index contributed by atoms with van der Waals surface area (Å²) in [7, 11) is -3.78. The molecule has 4 rings (SSSR count). The Morgan fingerprint density at radius 3 is 2.38 bits per heavy atom. The first kappa shape index (κ1) is 17.0. The van der Waals surface area contributed by atoms with Crippen molar-refractivity contribution in [3.05, 3.63) is 58.4 Å². The highest BCUT2D eigenvalue weighted by atomic mass is 32.2. The van der Waals surface area contributed by atoms with Crippen LogP contribution < -0.4 is 10.0 Å². The smallest absolute Gasteiger partial charge is 0.307 e. The Bertz CT molecular complexity index is 923. The Hall–Kier alpha value is -2.41. The van der Waals surface area contributed by atoms with Crippen LogP contribution in [0.5, 0.6) is 0 Å². The van der Waals surface area contributed by atoms with Gasteiger partial charge in [-0.25, -0.2) is 17.9 Å². The largest absolute Gasteiger partial charge is 0.332 e. The van der Waals surface area contributed by atoms with Gasteiger partial charge in [-0.3, -0.25) is 4.98 Å². The van der Waals surface area contributed by atoms with Crippen LogP contribution in [-0.4, -0.2) is 19.4 Å². The standard InChI is InChI=1S/C19H21N3O3S/c23-19(22-26(24,25)12-13-4-3-9-20-11-13)21-18-16-7-1-5-14(16)10-15-6-2-8-17(15)18/h3-4,9-11H,1-2,5-8,12H2,(H2,21,22,23). The fraction of sp³-hybridized carbons (Fsp3) is 0.368. The first-order valence-corrected chi connectivity index (χ1v) is 10.5. The van der Waals surface area contributed by atoms with E-state index in [9.17, 15) is 13.2 Å². The van der Waals surface area contributed by atoms with Crippen molar-refractivity contribution in [2.75, 3.05) is 5.32 Å². The van der Waals surface area contributed by atoms with Gasteiger partial charge in [-0.1, -0.05) is 12.1 Å². The van der Waals surface area contributed by atoms with E-state index >= 15 is 0 Å². The molecule has 0 unspecified atom stereocenters. The number of nitrogens with zero attached hydrogens (tertiary/aromatic N) is 1. The number of aromatic nitrogens is 1. The number of benzene rings is 1. The Kier molecular flexibility index (Phi) is 4.40. The summed E-state index contributed by atoms with van der Waals surface area (Å²) >= 11 is 0. The molecule has 0 radical (unpaired) electrons. The predicted molar refractivity (Wildman–Crippen MR) is 99.5 cm³/mol. The summed E-state index contributed by atoms with van der Waals surface area (Å²) in [5.41, 5.74) is 6.30. The van der Waals surface area contributed by atoms with E-state index in [1.807, 2.05) is 0 Å². The van der Waals surface area contributed by atoms with Crippen molar-refractivity contribution in [2.24, 2.45) is 0 Å². The lowest BCUT2D eigenvalue weighted by molar-refractivity contribution is 0.256. The van der Waals surface area contributed by atoms with Crippen LogP contribution in [0.2, 0.25) is 0 Å². The van der Waals surface area contributed by atoms with Crippen LogP contribution >= 0.6 is 0 Å². The summed E-state index contributed by atoms with van der Waals surface area (Å²) in [5.74, 6) is -0.279. The van der Waals surface area contributed by atoms with Gasteiger partial charge in [-0.2, -0.15) is 0 Å². The van der Waals surface area contributed by atoms with E-state index in [1.54, 1.807) is 18.3 Å². The number of nitrogens with one attached hydrogen (secondary N) is 2. The number of carbonyl (C=O) groups is 1. The van der Waals surface area contributed by atoms with Crippen LogP contribution in [0.15, 0.2) is 30.6 Å². The van der Waals surface area contributed by atoms with E-state index in [4.69, 9.17) is 0 Å². The predicted octanol–water partition coefficient (Wildman–Crippen LogP) is 2.71. The highest BCUT2D eigenvalue weighted by molar-refractivity contribution is 7.89. The minimum absolute atomic E-state index is 0.279. The molecule has 0 spiro atoms. The van der Waals surface area contributed by atoms with Crippen molar-refractivity contribution in [2.45, 2.75) is 44.3 Å². The normalized spacial score (nSPS) is 15.4. The summed E-state index contributed by atoms with van der Waals surface area (Å²) in [4.78, 5) is 16.3. The summed E-state index contributed by atoms with van der Waals surface area (Å²) in [6.45, 7) is 0. The second-order valence-electron chi connectivity index (χ2n) is 6.91. The molecule has 2 aromatic rings. The molecule has 0 bridgehead atoms. The van der Waals surface area contributed by atoms with Gasteiger partial charge in [0.15, 0.2) is 0 Å². The number of carbonyl (C=O) groups excluding carboxylic acids is 1. The van der Waals surface area contributed by atoms with Gasteiger partial charge in [-0.15, -0.1) is 0 Å². The Morgan fingerprint density at radius 1 is 1.08 bits per heavy atom. The maximum absolute atomic E-state index is 12.4. The van der Waals surface area contributed by atoms with Gasteiger partial charge in [-0.05, 0) is 72.4 Å². The third-order valence-electron chi connectivity index (χ3n) is 5.04. The summed E-state index contributed by atoms with van der Waals surface area (Å²) < 4.78 is 26.7. The molecule has 26 heavy (non-hydrogen) atoms. The topological polar surface area (TPSA) is 88.2 Å². The van der Waals surface area contributed by atoms with Crippen molar-refractivity contribution in [1.82, 2.24) is 9.71 Å². The van der Waals surface area contributed by atoms with Gasteiger partial charge >= 0.3 is 6.03 Å². The molecule has 6 nitrogen and oxygen atoms in total. The van der Waals surface area contributed by atoms with Gasteiger partial charge in [0.1, 0.15) is 0 Å². The third kappa shape index (κ3) is 3.44. The van der Waals surface area contributed by atoms with Crippen LogP contribution in [-0.2, 0) is 41.5 Å². The highest BCUT2D eigenvalue weighted by Gasteiger charge is 2.26. The maximum atomic E-state index is 12.4. The lowest BCUT2D eigenvalue weighted by Gasteiger charge is -2.16. The van der Waals surface area contributed by atoms with Crippen molar-refractivity contribution in [3.63, 3.8) is 0 Å². The van der Waals surface area contributed by atoms with Crippen LogP contribution in [0.1, 0.15) is 40.7 Å². The molecule has 0 atom stereocenters. The van der Waals surface area contributed by atoms with Gasteiger partial charge < -0.3 is 5.32 Å². The summed E-state index contributed by atoms with van der Waals surface area (Å²) in [6, 6.07) is 4.92. The molecular weight excluding hydrogens is 350 g/mol. The number of urea groups is 1. The fourth-order valence-corrected chi connectivity index (χ4v) is 5.00. The minimum atomic E-state index is -3.78. The van der Waals surface area contributed by atoms with Crippen molar-refractivity contribution in [3.8, 4) is 0 Å². The molecule has 2 N–H and O–H groups in total. The lowest BCUT2D eigenvalue weighted by atomic mass is 9.99. The van der Waals surface area contributed by atoms with Crippen LogP contribution in [0.25, 0.3) is 0 Å². The van der Waals surface area contributed by atoms with E-state index in [-0.39, 0.29) is 5.75 Å². The Balaban J connectivity index is 1.52. The number of aryl methyl sites for hydroxylation is 2. The molecule has 1 aromatic heterocycles. The average Bonchev–Trinajstić information content (AvgIpc) is 3.23. The maximum Gasteiger partial charge on any atom is 0.332 e. The van der Waals surface area contributed by atoms with Crippen molar-refractivity contribution in [1.29, 1.82) is 0 Å². The van der Waals surface area contributed by atoms with E-state index in [0.717, 1.165) is 44.2 Å². The molecule has 0 saturated heterocycles. The zero-order chi connectivity index (χ0) is 18.1. The number of sulfonamides is 1. The number of amides is 2. The van der Waals surface area contributed by atoms with E-state index in [2.05, 4.69) is 21.1 Å². The molecular formula is C19H21N3O3S. The number of fused-ring (bicyclic) bond motifs is 2. The molecule has 7 heteroatoms. The first-order valence-electron chi connectivity index (χ1n) is 8.89. The highest BCUT2D eigenvalue weighted by Crippen LogP contribution is 2.38. The molecule has 0 aliphatic heterocycles. The number of anilines is 1. The number of rotatable bonds is 4. The lowest BCUT2D eigenvalue weighted by Crippen LogP contribution is -2.35. The summed E-state index contributed by atoms with van der Waals surface area (Å²) in [6.07, 6.45) is 9.13. The zero-order valence-electron chi connectivity index (χ0n) is 14.4. The Labute approximate surface area is 153 Å². The SMILES string of the molecule is O=C(Nc1c2c(cc3c1CCC3)CCC2)NS(=O)(=O)Cc1cccnc1. The average molecular weight is 371 g/mol. The Morgan fingerprint density at radius 2 is 1.77 bits per heavy atom. The van der Waals surface area contributed by atoms with Gasteiger partial charge in [0, 0.05) is 18.1 Å². The second kappa shape index (κ2) is 6.72. The molecule has 1 heterocycles. The van der Waals surface area contributed by atoms with Crippen molar-refractivity contribution >= 4 is 21.7 Å². The fourth-order valence-electron chi connectivity index (χ4n) is 3.99. The van der Waals surface area contributed by atoms with Gasteiger partial charge in [0.2, 0.25) is 10.0 Å². The molecule has 136 valence electrons. The molecule has 0 saturated carbocycles. The molecule has 0 fully saturated rings. The van der Waals surface area contributed by atoms with Crippen LogP contribution in [0.4, 0.5) is 10.5 Å². The van der Waals surface area contributed by atoms with E-state index in [1.165, 1.54) is 28.5 Å². The van der Waals surface area contributed by atoms with Crippen molar-refractivity contribution < 1.29 is 13.2 Å². The molecule has 1 aromatic carbocycles. The van der Waals surface area contributed by atoms with Gasteiger partial charge in [0.25, 0.3) is 0 Å². The molecule has 2 amide bonds. The third-order valence-corrected chi connectivity index (χ3v) is 6.25. The summed E-state index contributed by atoms with van der Waals surface area (Å²) in [5, 5.41) is 2.84. The monoisotopic (exact) mass is 371 g/mol. The number of hydrogen-bond donors (Lipinski definition) is 2. The quantitative estimate of drug-likeness (QED) is 0.865. The second-order valence-corrected chi connectivity index (χ2v) is 8.63. The van der Waals surface area contributed by atoms with Crippen LogP contribution in [0.3, 0.4) is 0 Å². The van der Waals surface area contributed by atoms with Gasteiger partial charge in [0.05, 0.1) is 5.75 Å². The number of hydrogen-bond acceptors (Lipinski definition) is 4. The van der Waals surface area contributed by atoms with Crippen LogP contribution in [0, 0.1) is 0 Å². The number of pyridine rings is 1. The van der Waals surface area contributed by atoms with E-state index < -0.39 is 16.1 Å². The van der Waals surface area contributed by atoms with E-state index in [0.29, 0.717) is 5.56 Å².